The van der Waals surface area contributed by atoms with Crippen LogP contribution in [0.1, 0.15) is 50.8 Å². The van der Waals surface area contributed by atoms with Gasteiger partial charge in [0.2, 0.25) is 0 Å². The number of hydrogen-bond donors (Lipinski definition) is 0. The van der Waals surface area contributed by atoms with Gasteiger partial charge in [0, 0.05) is 23.1 Å². The first-order chi connectivity index (χ1) is 11.1. The minimum atomic E-state index is 0.533. The van der Waals surface area contributed by atoms with Crippen molar-refractivity contribution in [3.63, 3.8) is 0 Å². The Morgan fingerprint density at radius 3 is 2.57 bits per heavy atom. The lowest BCUT2D eigenvalue weighted by Crippen LogP contribution is -2.28. The maximum absolute atomic E-state index is 2.63. The molecule has 0 saturated heterocycles. The van der Waals surface area contributed by atoms with Crippen LogP contribution in [0.15, 0.2) is 24.3 Å². The van der Waals surface area contributed by atoms with E-state index >= 15 is 0 Å². The highest BCUT2D eigenvalue weighted by Crippen LogP contribution is 2.44. The molecule has 0 bridgehead atoms. The fraction of sp³-hybridized carbons (Fsp3) is 0.619. The Morgan fingerprint density at radius 1 is 1.13 bits per heavy atom. The average molecular weight is 313 g/mol. The molecule has 0 fully saturated rings. The molecule has 2 heteroatoms. The molecule has 1 aliphatic rings. The summed E-state index contributed by atoms with van der Waals surface area (Å²) in [5, 5.41) is 1.51. The molecule has 1 heterocycles. The molecular weight excluding hydrogens is 280 g/mol. The molecule has 0 amide bonds. The molecule has 23 heavy (non-hydrogen) atoms. The summed E-state index contributed by atoms with van der Waals surface area (Å²) < 4.78 is 2.63. The van der Waals surface area contributed by atoms with Gasteiger partial charge in [-0.3, -0.25) is 0 Å². The van der Waals surface area contributed by atoms with Gasteiger partial charge < -0.3 is 9.47 Å². The van der Waals surface area contributed by atoms with Gasteiger partial charge in [0.25, 0.3) is 0 Å². The van der Waals surface area contributed by atoms with E-state index < -0.39 is 0 Å². The summed E-state index contributed by atoms with van der Waals surface area (Å²) in [6.07, 6.45) is 7.73. The first-order valence-corrected chi connectivity index (χ1v) is 9.34. The standard InChI is InChI=1S/C21H32N2/c1-5-21(6-2)13-12-20-18(16-21)17-10-7-8-11-19(17)23(20)15-9-14-22(3)4/h7-8,10-11H,5-6,9,12-16H2,1-4H3. The SMILES string of the molecule is CCC1(CC)CCc2c(c3ccccc3n2CCCN(C)C)C1. The lowest BCUT2D eigenvalue weighted by atomic mass is 9.69. The molecule has 2 aromatic rings. The van der Waals surface area contributed by atoms with Gasteiger partial charge in [-0.05, 0) is 63.4 Å². The summed E-state index contributed by atoms with van der Waals surface area (Å²) in [4.78, 5) is 2.29. The molecular formula is C21H32N2. The van der Waals surface area contributed by atoms with Gasteiger partial charge in [-0.15, -0.1) is 0 Å². The van der Waals surface area contributed by atoms with Crippen LogP contribution in [0, 0.1) is 5.41 Å². The third kappa shape index (κ3) is 3.06. The summed E-state index contributed by atoms with van der Waals surface area (Å²) in [6.45, 7) is 7.07. The van der Waals surface area contributed by atoms with E-state index in [1.165, 1.54) is 49.4 Å². The summed E-state index contributed by atoms with van der Waals surface area (Å²) in [6, 6.07) is 9.07. The Kier molecular flexibility index (Phi) is 4.82. The van der Waals surface area contributed by atoms with E-state index in [1.807, 2.05) is 0 Å². The first-order valence-electron chi connectivity index (χ1n) is 9.34. The van der Waals surface area contributed by atoms with Crippen molar-refractivity contribution in [2.75, 3.05) is 20.6 Å². The molecule has 0 atom stereocenters. The number of nitrogens with zero attached hydrogens (tertiary/aromatic N) is 2. The van der Waals surface area contributed by atoms with Crippen molar-refractivity contribution in [3.05, 3.63) is 35.5 Å². The van der Waals surface area contributed by atoms with E-state index in [2.05, 4.69) is 61.7 Å². The third-order valence-electron chi connectivity index (χ3n) is 6.13. The number of benzene rings is 1. The Hall–Kier alpha value is -1.28. The summed E-state index contributed by atoms with van der Waals surface area (Å²) in [7, 11) is 4.33. The van der Waals surface area contributed by atoms with Crippen LogP contribution < -0.4 is 0 Å². The van der Waals surface area contributed by atoms with Crippen LogP contribution in [0.5, 0.6) is 0 Å². The molecule has 3 rings (SSSR count). The van der Waals surface area contributed by atoms with Crippen molar-refractivity contribution in [1.29, 1.82) is 0 Å². The third-order valence-corrected chi connectivity index (χ3v) is 6.13. The monoisotopic (exact) mass is 312 g/mol. The smallest absolute Gasteiger partial charge is 0.0485 e. The highest BCUT2D eigenvalue weighted by Gasteiger charge is 2.34. The molecule has 1 aromatic carbocycles. The fourth-order valence-corrected chi connectivity index (χ4v) is 4.41. The molecule has 0 unspecified atom stereocenters. The van der Waals surface area contributed by atoms with Crippen molar-refractivity contribution < 1.29 is 0 Å². The number of para-hydroxylation sites is 1. The normalized spacial score (nSPS) is 16.9. The van der Waals surface area contributed by atoms with Crippen molar-refractivity contribution in [2.24, 2.45) is 5.41 Å². The Balaban J connectivity index is 1.99. The second kappa shape index (κ2) is 6.68. The maximum atomic E-state index is 2.63. The molecule has 2 nitrogen and oxygen atoms in total. The zero-order valence-electron chi connectivity index (χ0n) is 15.4. The summed E-state index contributed by atoms with van der Waals surface area (Å²) in [5.41, 5.74) is 5.27. The number of fused-ring (bicyclic) bond motifs is 3. The van der Waals surface area contributed by atoms with Crippen molar-refractivity contribution in [3.8, 4) is 0 Å². The quantitative estimate of drug-likeness (QED) is 0.737. The van der Waals surface area contributed by atoms with Gasteiger partial charge in [0.15, 0.2) is 0 Å². The molecule has 0 saturated carbocycles. The van der Waals surface area contributed by atoms with Crippen molar-refractivity contribution in [1.82, 2.24) is 9.47 Å². The van der Waals surface area contributed by atoms with Crippen molar-refractivity contribution >= 4 is 10.9 Å². The number of rotatable bonds is 6. The second-order valence-corrected chi connectivity index (χ2v) is 7.63. The lowest BCUT2D eigenvalue weighted by Gasteiger charge is -2.36. The van der Waals surface area contributed by atoms with Crippen LogP contribution in [-0.4, -0.2) is 30.1 Å². The van der Waals surface area contributed by atoms with Crippen LogP contribution in [0.25, 0.3) is 10.9 Å². The topological polar surface area (TPSA) is 8.17 Å². The van der Waals surface area contributed by atoms with E-state index in [1.54, 1.807) is 11.3 Å². The second-order valence-electron chi connectivity index (χ2n) is 7.63. The van der Waals surface area contributed by atoms with E-state index in [4.69, 9.17) is 0 Å². The minimum absolute atomic E-state index is 0.533. The molecule has 0 radical (unpaired) electrons. The van der Waals surface area contributed by atoms with Crippen LogP contribution in [0.3, 0.4) is 0 Å². The Labute approximate surface area is 141 Å². The summed E-state index contributed by atoms with van der Waals surface area (Å²) in [5.74, 6) is 0. The number of aryl methyl sites for hydroxylation is 1. The Bertz CT molecular complexity index is 662. The maximum Gasteiger partial charge on any atom is 0.0485 e. The van der Waals surface area contributed by atoms with E-state index in [0.717, 1.165) is 13.1 Å². The molecule has 0 aliphatic heterocycles. The molecule has 1 aliphatic carbocycles. The Morgan fingerprint density at radius 2 is 1.87 bits per heavy atom. The van der Waals surface area contributed by atoms with Crippen molar-refractivity contribution in [2.45, 2.75) is 58.9 Å². The average Bonchev–Trinajstić information content (AvgIpc) is 2.88. The van der Waals surface area contributed by atoms with Crippen LogP contribution >= 0.6 is 0 Å². The van der Waals surface area contributed by atoms with E-state index in [-0.39, 0.29) is 0 Å². The van der Waals surface area contributed by atoms with Crippen LogP contribution in [0.4, 0.5) is 0 Å². The van der Waals surface area contributed by atoms with E-state index in [9.17, 15) is 0 Å². The molecule has 1 aromatic heterocycles. The fourth-order valence-electron chi connectivity index (χ4n) is 4.41. The predicted octanol–water partition coefficient (Wildman–Crippen LogP) is 4.89. The largest absolute Gasteiger partial charge is 0.344 e. The molecule has 0 spiro atoms. The lowest BCUT2D eigenvalue weighted by molar-refractivity contribution is 0.222. The van der Waals surface area contributed by atoms with Gasteiger partial charge >= 0.3 is 0 Å². The first kappa shape index (κ1) is 16.6. The highest BCUT2D eigenvalue weighted by molar-refractivity contribution is 5.86. The van der Waals surface area contributed by atoms with Gasteiger partial charge in [0.1, 0.15) is 0 Å². The van der Waals surface area contributed by atoms with Crippen LogP contribution in [0.2, 0.25) is 0 Å². The predicted molar refractivity (Wildman–Crippen MR) is 100 cm³/mol. The van der Waals surface area contributed by atoms with E-state index in [0.29, 0.717) is 5.41 Å². The number of hydrogen-bond acceptors (Lipinski definition) is 1. The molecule has 0 N–H and O–H groups in total. The molecule has 126 valence electrons. The van der Waals surface area contributed by atoms with Gasteiger partial charge in [-0.2, -0.15) is 0 Å². The zero-order valence-corrected chi connectivity index (χ0v) is 15.4. The van der Waals surface area contributed by atoms with Gasteiger partial charge in [-0.1, -0.05) is 44.9 Å². The zero-order chi connectivity index (χ0) is 16.4. The minimum Gasteiger partial charge on any atom is -0.344 e. The highest BCUT2D eigenvalue weighted by atomic mass is 15.1. The van der Waals surface area contributed by atoms with Crippen LogP contribution in [-0.2, 0) is 19.4 Å². The summed E-state index contributed by atoms with van der Waals surface area (Å²) >= 11 is 0. The number of aromatic nitrogens is 1. The van der Waals surface area contributed by atoms with Gasteiger partial charge in [-0.25, -0.2) is 0 Å². The van der Waals surface area contributed by atoms with Gasteiger partial charge in [0.05, 0.1) is 0 Å².